The summed E-state index contributed by atoms with van der Waals surface area (Å²) in [6, 6.07) is 8.11. The number of ether oxygens (including phenoxy) is 3. The van der Waals surface area contributed by atoms with Crippen LogP contribution in [0, 0.1) is 5.92 Å². The summed E-state index contributed by atoms with van der Waals surface area (Å²) in [6.45, 7) is 1.32. The Morgan fingerprint density at radius 2 is 1.85 bits per heavy atom. The van der Waals surface area contributed by atoms with E-state index >= 15 is 0 Å². The molecule has 3 rings (SSSR count). The Morgan fingerprint density at radius 3 is 2.44 bits per heavy atom. The molecule has 2 amide bonds. The Labute approximate surface area is 197 Å². The summed E-state index contributed by atoms with van der Waals surface area (Å²) >= 11 is 5.86. The second-order valence-corrected chi connectivity index (χ2v) is 7.83. The van der Waals surface area contributed by atoms with E-state index in [2.05, 4.69) is 5.32 Å². The van der Waals surface area contributed by atoms with Gasteiger partial charge in [0.1, 0.15) is 12.5 Å². The molecule has 0 saturated carbocycles. The van der Waals surface area contributed by atoms with Gasteiger partial charge in [0.15, 0.2) is 11.5 Å². The number of hydrogen-bond donors (Lipinski definition) is 3. The first-order chi connectivity index (χ1) is 16.0. The van der Waals surface area contributed by atoms with Gasteiger partial charge >= 0.3 is 18.2 Å². The van der Waals surface area contributed by atoms with Gasteiger partial charge in [0.05, 0.1) is 19.8 Å². The van der Waals surface area contributed by atoms with Crippen molar-refractivity contribution in [3.8, 4) is 11.5 Å². The highest BCUT2D eigenvalue weighted by atomic mass is 35.5. The highest BCUT2D eigenvalue weighted by Crippen LogP contribution is 2.44. The number of aliphatic hydroxyl groups is 1. The van der Waals surface area contributed by atoms with E-state index in [1.807, 2.05) is 0 Å². The summed E-state index contributed by atoms with van der Waals surface area (Å²) in [5.74, 6) is -3.19. The maximum Gasteiger partial charge on any atom is 0.437 e. The minimum atomic E-state index is -5.37. The molecule has 12 heteroatoms. The summed E-state index contributed by atoms with van der Waals surface area (Å²) in [4.78, 5) is 24.6. The van der Waals surface area contributed by atoms with E-state index in [1.54, 1.807) is 24.3 Å². The molecule has 3 N–H and O–H groups in total. The van der Waals surface area contributed by atoms with Gasteiger partial charge in [-0.2, -0.15) is 13.2 Å². The molecule has 0 bridgehead atoms. The fourth-order valence-electron chi connectivity index (χ4n) is 3.55. The van der Waals surface area contributed by atoms with Crippen LogP contribution < -0.4 is 20.1 Å². The molecule has 0 radical (unpaired) electrons. The predicted octanol–water partition coefficient (Wildman–Crippen LogP) is 3.71. The molecule has 2 aromatic carbocycles. The summed E-state index contributed by atoms with van der Waals surface area (Å²) in [7, 11) is 1.32. The molecule has 1 aliphatic heterocycles. The van der Waals surface area contributed by atoms with Crippen LogP contribution in [-0.4, -0.2) is 42.7 Å². The Hall–Kier alpha value is -3.18. The molecule has 184 valence electrons. The molecule has 34 heavy (non-hydrogen) atoms. The number of esters is 1. The molecule has 3 atom stereocenters. The highest BCUT2D eigenvalue weighted by Gasteiger charge is 2.67. The average Bonchev–Trinajstić information content (AvgIpc) is 2.77. The first kappa shape index (κ1) is 25.4. The van der Waals surface area contributed by atoms with Crippen LogP contribution in [0.15, 0.2) is 42.5 Å². The smallest absolute Gasteiger partial charge is 0.437 e. The second kappa shape index (κ2) is 9.98. The zero-order chi connectivity index (χ0) is 25.1. The number of carbonyl (C=O) groups excluding carboxylic acids is 2. The number of halogens is 4. The van der Waals surface area contributed by atoms with Crippen molar-refractivity contribution < 1.29 is 42.1 Å². The minimum Gasteiger partial charge on any atom is -0.493 e. The number of carbonyl (C=O) groups is 2. The van der Waals surface area contributed by atoms with Gasteiger partial charge in [-0.3, -0.25) is 4.79 Å². The fourth-order valence-corrected chi connectivity index (χ4v) is 3.68. The van der Waals surface area contributed by atoms with Crippen LogP contribution >= 0.6 is 11.6 Å². The van der Waals surface area contributed by atoms with Crippen molar-refractivity contribution in [3.63, 3.8) is 0 Å². The largest absolute Gasteiger partial charge is 0.493 e. The third kappa shape index (κ3) is 5.15. The molecule has 0 aromatic heterocycles. The second-order valence-electron chi connectivity index (χ2n) is 7.40. The van der Waals surface area contributed by atoms with Gasteiger partial charge in [-0.05, 0) is 42.3 Å². The summed E-state index contributed by atoms with van der Waals surface area (Å²) in [6.07, 6.45) is -5.37. The van der Waals surface area contributed by atoms with E-state index in [1.165, 1.54) is 37.5 Å². The van der Waals surface area contributed by atoms with Crippen molar-refractivity contribution >= 4 is 23.6 Å². The molecule has 1 aliphatic rings. The van der Waals surface area contributed by atoms with Crippen LogP contribution in [-0.2, 0) is 16.1 Å². The van der Waals surface area contributed by atoms with Crippen LogP contribution in [0.1, 0.15) is 24.1 Å². The molecule has 1 heterocycles. The average molecular weight is 503 g/mol. The Balaban J connectivity index is 1.95. The van der Waals surface area contributed by atoms with Gasteiger partial charge in [0.25, 0.3) is 5.72 Å². The Bertz CT molecular complexity index is 1050. The molecular formula is C22H22ClF3N2O6. The van der Waals surface area contributed by atoms with Crippen LogP contribution in [0.3, 0.4) is 0 Å². The SMILES string of the molecule is CCOC(=O)[C@@H]1[C@H](c2ccc(OCc3ccc(Cl)cc3)c(OC)c2)NC(=O)N[C@]1(O)C(F)(F)F. The molecule has 0 aliphatic carbocycles. The van der Waals surface area contributed by atoms with E-state index in [4.69, 9.17) is 25.8 Å². The van der Waals surface area contributed by atoms with Crippen molar-refractivity contribution in [1.29, 1.82) is 0 Å². The van der Waals surface area contributed by atoms with E-state index in [0.29, 0.717) is 5.02 Å². The van der Waals surface area contributed by atoms with Crippen LogP contribution in [0.2, 0.25) is 5.02 Å². The lowest BCUT2D eigenvalue weighted by molar-refractivity contribution is -0.294. The fraction of sp³-hybridized carbons (Fsp3) is 0.364. The molecule has 1 fully saturated rings. The van der Waals surface area contributed by atoms with E-state index < -0.39 is 35.9 Å². The van der Waals surface area contributed by atoms with Gasteiger partial charge in [-0.15, -0.1) is 0 Å². The summed E-state index contributed by atoms with van der Waals surface area (Å²) < 4.78 is 57.2. The van der Waals surface area contributed by atoms with Crippen LogP contribution in [0.25, 0.3) is 0 Å². The van der Waals surface area contributed by atoms with E-state index in [-0.39, 0.29) is 30.3 Å². The third-order valence-corrected chi connectivity index (χ3v) is 5.45. The molecule has 0 spiro atoms. The van der Waals surface area contributed by atoms with Gasteiger partial charge in [0.2, 0.25) is 0 Å². The molecule has 2 aromatic rings. The van der Waals surface area contributed by atoms with Gasteiger partial charge in [0, 0.05) is 5.02 Å². The monoisotopic (exact) mass is 502 g/mol. The number of amides is 2. The van der Waals surface area contributed by atoms with Crippen LogP contribution in [0.4, 0.5) is 18.0 Å². The lowest BCUT2D eigenvalue weighted by Gasteiger charge is -2.44. The molecule has 8 nitrogen and oxygen atoms in total. The predicted molar refractivity (Wildman–Crippen MR) is 114 cm³/mol. The van der Waals surface area contributed by atoms with Crippen molar-refractivity contribution in [3.05, 3.63) is 58.6 Å². The maximum atomic E-state index is 13.8. The number of rotatable bonds is 7. The van der Waals surface area contributed by atoms with Gasteiger partial charge in [-0.25, -0.2) is 4.79 Å². The quantitative estimate of drug-likeness (QED) is 0.498. The van der Waals surface area contributed by atoms with Gasteiger partial charge in [-0.1, -0.05) is 29.8 Å². The van der Waals surface area contributed by atoms with Gasteiger partial charge < -0.3 is 30.0 Å². The van der Waals surface area contributed by atoms with Crippen molar-refractivity contribution in [2.24, 2.45) is 5.92 Å². The van der Waals surface area contributed by atoms with E-state index in [9.17, 15) is 27.9 Å². The number of methoxy groups -OCH3 is 1. The van der Waals surface area contributed by atoms with Crippen molar-refractivity contribution in [2.75, 3.05) is 13.7 Å². The normalized spacial score (nSPS) is 22.4. The zero-order valence-electron chi connectivity index (χ0n) is 18.1. The number of hydrogen-bond acceptors (Lipinski definition) is 6. The Kier molecular flexibility index (Phi) is 7.47. The molecule has 1 saturated heterocycles. The maximum absolute atomic E-state index is 13.8. The first-order valence-corrected chi connectivity index (χ1v) is 10.5. The number of urea groups is 1. The summed E-state index contributed by atoms with van der Waals surface area (Å²) in [5, 5.41) is 14.7. The van der Waals surface area contributed by atoms with E-state index in [0.717, 1.165) is 5.56 Å². The lowest BCUT2D eigenvalue weighted by atomic mass is 9.82. The Morgan fingerprint density at radius 1 is 1.18 bits per heavy atom. The van der Waals surface area contributed by atoms with Crippen molar-refractivity contribution in [1.82, 2.24) is 10.6 Å². The van der Waals surface area contributed by atoms with Crippen LogP contribution in [0.5, 0.6) is 11.5 Å². The zero-order valence-corrected chi connectivity index (χ0v) is 18.9. The molecule has 0 unspecified atom stereocenters. The molecular weight excluding hydrogens is 481 g/mol. The summed E-state index contributed by atoms with van der Waals surface area (Å²) in [5.41, 5.74) is -2.99. The first-order valence-electron chi connectivity index (χ1n) is 10.1. The number of benzene rings is 2. The lowest BCUT2D eigenvalue weighted by Crippen LogP contribution is -2.73. The topological polar surface area (TPSA) is 106 Å². The standard InChI is InChI=1S/C22H22ClF3N2O6/c1-3-33-19(29)17-18(27-20(30)28-21(17,31)22(24,25)26)13-6-9-15(16(10-13)32-2)34-11-12-4-7-14(23)8-5-12/h4-10,17-18,31H,3,11H2,1-2H3,(H2,27,28,30)/t17-,18-,21+/m0/s1. The minimum absolute atomic E-state index is 0.0614. The van der Waals surface area contributed by atoms with Crippen molar-refractivity contribution in [2.45, 2.75) is 31.5 Å². The third-order valence-electron chi connectivity index (χ3n) is 5.20. The number of alkyl halides is 3. The number of nitrogens with one attached hydrogen (secondary N) is 2. The highest BCUT2D eigenvalue weighted by molar-refractivity contribution is 6.30.